The average molecular weight is 293 g/mol. The van der Waals surface area contributed by atoms with Crippen molar-refractivity contribution in [1.29, 1.82) is 0 Å². The van der Waals surface area contributed by atoms with E-state index >= 15 is 0 Å². The number of benzene rings is 1. The third kappa shape index (κ3) is 5.17. The summed E-state index contributed by atoms with van der Waals surface area (Å²) in [6.07, 6.45) is 0. The number of amides is 2. The highest BCUT2D eigenvalue weighted by molar-refractivity contribution is 7.80. The number of anilines is 1. The molecule has 0 aliphatic carbocycles. The zero-order valence-corrected chi connectivity index (χ0v) is 13.5. The van der Waals surface area contributed by atoms with E-state index in [2.05, 4.69) is 10.6 Å². The van der Waals surface area contributed by atoms with Gasteiger partial charge in [-0.3, -0.25) is 4.90 Å². The molecule has 0 bridgehead atoms. The van der Waals surface area contributed by atoms with Gasteiger partial charge < -0.3 is 10.6 Å². The van der Waals surface area contributed by atoms with Crippen LogP contribution in [0.2, 0.25) is 0 Å². The Labute approximate surface area is 126 Å². The van der Waals surface area contributed by atoms with Crippen LogP contribution in [0.3, 0.4) is 0 Å². The Morgan fingerprint density at radius 1 is 1.20 bits per heavy atom. The number of carbonyl (C=O) groups is 1. The van der Waals surface area contributed by atoms with Gasteiger partial charge in [-0.15, -0.1) is 0 Å². The number of hydrogen-bond acceptors (Lipinski definition) is 2. The van der Waals surface area contributed by atoms with Crippen LogP contribution in [0.1, 0.15) is 34.6 Å². The van der Waals surface area contributed by atoms with E-state index in [0.29, 0.717) is 5.11 Å². The first kappa shape index (κ1) is 16.4. The van der Waals surface area contributed by atoms with Crippen molar-refractivity contribution in [3.8, 4) is 0 Å². The fourth-order valence-electron chi connectivity index (χ4n) is 1.65. The van der Waals surface area contributed by atoms with E-state index in [1.54, 1.807) is 4.90 Å². The molecule has 1 rings (SSSR count). The van der Waals surface area contributed by atoms with E-state index in [9.17, 15) is 4.79 Å². The summed E-state index contributed by atoms with van der Waals surface area (Å²) in [5.74, 6) is 0. The number of hydrogen-bond donors (Lipinski definition) is 2. The molecule has 0 aliphatic heterocycles. The number of thiocarbonyl (C=S) groups is 1. The minimum Gasteiger partial charge on any atom is -0.358 e. The first-order valence-corrected chi connectivity index (χ1v) is 7.09. The largest absolute Gasteiger partial charge is 0.358 e. The van der Waals surface area contributed by atoms with Crippen LogP contribution in [0.15, 0.2) is 30.3 Å². The van der Waals surface area contributed by atoms with Crippen molar-refractivity contribution in [2.75, 3.05) is 5.32 Å². The lowest BCUT2D eigenvalue weighted by Gasteiger charge is -2.32. The van der Waals surface area contributed by atoms with Crippen molar-refractivity contribution in [3.05, 3.63) is 30.3 Å². The van der Waals surface area contributed by atoms with Gasteiger partial charge in [0.2, 0.25) is 0 Å². The van der Waals surface area contributed by atoms with E-state index < -0.39 is 0 Å². The van der Waals surface area contributed by atoms with E-state index in [0.717, 1.165) is 5.69 Å². The highest BCUT2D eigenvalue weighted by atomic mass is 32.1. The summed E-state index contributed by atoms with van der Waals surface area (Å²) < 4.78 is 0. The highest BCUT2D eigenvalue weighted by Crippen LogP contribution is 2.10. The molecule has 4 nitrogen and oxygen atoms in total. The summed E-state index contributed by atoms with van der Waals surface area (Å²) in [5, 5.41) is 6.44. The quantitative estimate of drug-likeness (QED) is 0.819. The van der Waals surface area contributed by atoms with Crippen molar-refractivity contribution in [2.45, 2.75) is 46.2 Å². The highest BCUT2D eigenvalue weighted by Gasteiger charge is 2.24. The van der Waals surface area contributed by atoms with Gasteiger partial charge in [0.1, 0.15) is 0 Å². The lowest BCUT2D eigenvalue weighted by molar-refractivity contribution is 0.225. The van der Waals surface area contributed by atoms with Gasteiger partial charge in [-0.25, -0.2) is 4.79 Å². The van der Waals surface area contributed by atoms with Crippen molar-refractivity contribution in [1.82, 2.24) is 10.2 Å². The summed E-state index contributed by atoms with van der Waals surface area (Å²) in [6.45, 7) is 9.88. The molecule has 0 spiro atoms. The first-order valence-electron chi connectivity index (χ1n) is 6.68. The summed E-state index contributed by atoms with van der Waals surface area (Å²) in [6, 6.07) is 9.09. The number of rotatable bonds is 2. The molecular formula is C15H23N3OS. The molecule has 110 valence electrons. The standard InChI is InChI=1S/C15H23N3OS/c1-11(2)18(14(20)17-15(3,4)5)13(19)16-12-9-7-6-8-10-12/h6-11H,1-5H3,(H,16,19)(H,17,20). The Kier molecular flexibility index (Phi) is 5.51. The third-order valence-corrected chi connectivity index (χ3v) is 2.76. The molecule has 0 saturated carbocycles. The van der Waals surface area contributed by atoms with Crippen molar-refractivity contribution >= 4 is 29.0 Å². The van der Waals surface area contributed by atoms with E-state index in [-0.39, 0.29) is 17.6 Å². The predicted octanol–water partition coefficient (Wildman–Crippen LogP) is 3.60. The molecule has 0 radical (unpaired) electrons. The van der Waals surface area contributed by atoms with Gasteiger partial charge in [0.25, 0.3) is 0 Å². The fourth-order valence-corrected chi connectivity index (χ4v) is 2.25. The van der Waals surface area contributed by atoms with Gasteiger partial charge in [0, 0.05) is 17.3 Å². The van der Waals surface area contributed by atoms with Crippen LogP contribution in [0, 0.1) is 0 Å². The SMILES string of the molecule is CC(C)N(C(=O)Nc1ccccc1)C(=S)NC(C)(C)C. The Morgan fingerprint density at radius 2 is 1.75 bits per heavy atom. The molecule has 0 saturated heterocycles. The molecule has 0 aliphatic rings. The first-order chi connectivity index (χ1) is 9.20. The van der Waals surface area contributed by atoms with Crippen LogP contribution in [-0.2, 0) is 0 Å². The minimum atomic E-state index is -0.229. The topological polar surface area (TPSA) is 44.4 Å². The van der Waals surface area contributed by atoms with Gasteiger partial charge in [-0.2, -0.15) is 0 Å². The molecule has 1 aromatic rings. The van der Waals surface area contributed by atoms with Crippen molar-refractivity contribution in [3.63, 3.8) is 0 Å². The molecule has 5 heteroatoms. The molecule has 0 heterocycles. The van der Waals surface area contributed by atoms with Crippen LogP contribution in [0.5, 0.6) is 0 Å². The van der Waals surface area contributed by atoms with E-state index in [1.165, 1.54) is 0 Å². The predicted molar refractivity (Wildman–Crippen MR) is 87.9 cm³/mol. The zero-order chi connectivity index (χ0) is 15.3. The third-order valence-electron chi connectivity index (χ3n) is 2.46. The van der Waals surface area contributed by atoms with Crippen LogP contribution in [0.4, 0.5) is 10.5 Å². The van der Waals surface area contributed by atoms with E-state index in [4.69, 9.17) is 12.2 Å². The smallest absolute Gasteiger partial charge is 0.328 e. The normalized spacial score (nSPS) is 11.1. The van der Waals surface area contributed by atoms with E-state index in [1.807, 2.05) is 65.0 Å². The number of carbonyl (C=O) groups excluding carboxylic acids is 1. The number of para-hydroxylation sites is 1. The molecule has 0 unspecified atom stereocenters. The molecule has 2 N–H and O–H groups in total. The summed E-state index contributed by atoms with van der Waals surface area (Å²) in [5.41, 5.74) is 0.568. The molecular weight excluding hydrogens is 270 g/mol. The second-order valence-corrected chi connectivity index (χ2v) is 6.33. The Hall–Kier alpha value is -1.62. The average Bonchev–Trinajstić information content (AvgIpc) is 2.26. The Morgan fingerprint density at radius 3 is 2.20 bits per heavy atom. The molecule has 2 amide bonds. The molecule has 0 atom stereocenters. The lowest BCUT2D eigenvalue weighted by atomic mass is 10.1. The number of urea groups is 1. The molecule has 0 aromatic heterocycles. The number of nitrogens with one attached hydrogen (secondary N) is 2. The minimum absolute atomic E-state index is 0.0268. The van der Waals surface area contributed by atoms with Gasteiger partial charge in [0.05, 0.1) is 0 Å². The second-order valence-electron chi connectivity index (χ2n) is 5.94. The van der Waals surface area contributed by atoms with Crippen molar-refractivity contribution < 1.29 is 4.79 Å². The van der Waals surface area contributed by atoms with Crippen LogP contribution < -0.4 is 10.6 Å². The summed E-state index contributed by atoms with van der Waals surface area (Å²) in [4.78, 5) is 13.9. The Bertz CT molecular complexity index is 466. The van der Waals surface area contributed by atoms with Gasteiger partial charge in [0.15, 0.2) is 5.11 Å². The molecule has 1 aromatic carbocycles. The molecule has 20 heavy (non-hydrogen) atoms. The second kappa shape index (κ2) is 6.70. The number of nitrogens with zero attached hydrogens (tertiary/aromatic N) is 1. The summed E-state index contributed by atoms with van der Waals surface area (Å²) in [7, 11) is 0. The molecule has 0 fully saturated rings. The lowest BCUT2D eigenvalue weighted by Crippen LogP contribution is -2.53. The van der Waals surface area contributed by atoms with Gasteiger partial charge in [-0.1, -0.05) is 18.2 Å². The fraction of sp³-hybridized carbons (Fsp3) is 0.467. The van der Waals surface area contributed by atoms with Gasteiger partial charge >= 0.3 is 6.03 Å². The van der Waals surface area contributed by atoms with Crippen molar-refractivity contribution in [2.24, 2.45) is 0 Å². The van der Waals surface area contributed by atoms with Crippen LogP contribution in [-0.4, -0.2) is 27.6 Å². The van der Waals surface area contributed by atoms with Crippen LogP contribution in [0.25, 0.3) is 0 Å². The van der Waals surface area contributed by atoms with Gasteiger partial charge in [-0.05, 0) is 59.0 Å². The van der Waals surface area contributed by atoms with Crippen LogP contribution >= 0.6 is 12.2 Å². The summed E-state index contributed by atoms with van der Waals surface area (Å²) >= 11 is 5.35. The maximum absolute atomic E-state index is 12.4. The zero-order valence-electron chi connectivity index (χ0n) is 12.7. The maximum Gasteiger partial charge on any atom is 0.328 e. The maximum atomic E-state index is 12.4. The monoisotopic (exact) mass is 293 g/mol. The Balaban J connectivity index is 2.81.